The number of benzene rings is 2. The Bertz CT molecular complexity index is 1110. The molecule has 2 aromatic carbocycles. The Morgan fingerprint density at radius 1 is 1.00 bits per heavy atom. The monoisotopic (exact) mass is 446 g/mol. The van der Waals surface area contributed by atoms with Crippen molar-refractivity contribution in [3.05, 3.63) is 66.0 Å². The summed E-state index contributed by atoms with van der Waals surface area (Å²) in [6, 6.07) is 15.7. The highest BCUT2D eigenvalue weighted by Gasteiger charge is 2.27. The van der Waals surface area contributed by atoms with Gasteiger partial charge in [0, 0.05) is 37.8 Å². The van der Waals surface area contributed by atoms with Gasteiger partial charge in [-0.25, -0.2) is 9.97 Å². The molecule has 1 amide bonds. The average Bonchev–Trinajstić information content (AvgIpc) is 2.86. The highest BCUT2D eigenvalue weighted by Crippen LogP contribution is 2.25. The molecule has 0 spiro atoms. The number of piperazine rings is 1. The normalized spacial score (nSPS) is 14.7. The Hall–Kier alpha value is -3.61. The second-order valence-corrected chi connectivity index (χ2v) is 8.26. The van der Waals surface area contributed by atoms with Crippen molar-refractivity contribution in [3.63, 3.8) is 0 Å². The lowest BCUT2D eigenvalue weighted by molar-refractivity contribution is -0.138. The van der Waals surface area contributed by atoms with Gasteiger partial charge in [0.1, 0.15) is 23.6 Å². The number of aryl methyl sites for hydroxylation is 1. The number of hydrogen-bond donors (Lipinski definition) is 0. The van der Waals surface area contributed by atoms with E-state index in [1.54, 1.807) is 13.4 Å². The van der Waals surface area contributed by atoms with Crippen LogP contribution < -0.4 is 14.4 Å². The van der Waals surface area contributed by atoms with Crippen molar-refractivity contribution in [3.8, 4) is 22.8 Å². The lowest BCUT2D eigenvalue weighted by Crippen LogP contribution is -2.52. The van der Waals surface area contributed by atoms with Crippen LogP contribution in [0.5, 0.6) is 11.5 Å². The van der Waals surface area contributed by atoms with Gasteiger partial charge in [-0.2, -0.15) is 0 Å². The summed E-state index contributed by atoms with van der Waals surface area (Å²) in [5.74, 6) is 2.45. The van der Waals surface area contributed by atoms with Gasteiger partial charge < -0.3 is 19.3 Å². The fraction of sp³-hybridized carbons (Fsp3) is 0.346. The van der Waals surface area contributed by atoms with Gasteiger partial charge in [-0.3, -0.25) is 4.79 Å². The van der Waals surface area contributed by atoms with Crippen LogP contribution in [-0.4, -0.2) is 60.2 Å². The predicted octanol–water partition coefficient (Wildman–Crippen LogP) is 3.89. The molecule has 7 nitrogen and oxygen atoms in total. The molecule has 1 atom stereocenters. The third-order valence-electron chi connectivity index (χ3n) is 6.16. The van der Waals surface area contributed by atoms with E-state index in [-0.39, 0.29) is 5.91 Å². The number of amides is 1. The second kappa shape index (κ2) is 9.90. The molecule has 1 aromatic heterocycles. The highest BCUT2D eigenvalue weighted by molar-refractivity contribution is 5.81. The lowest BCUT2D eigenvalue weighted by Gasteiger charge is -2.36. The average molecular weight is 447 g/mol. The van der Waals surface area contributed by atoms with E-state index in [1.165, 1.54) is 0 Å². The first-order valence-electron chi connectivity index (χ1n) is 11.2. The van der Waals surface area contributed by atoms with Gasteiger partial charge in [0.25, 0.3) is 5.91 Å². The number of nitrogens with zero attached hydrogens (tertiary/aromatic N) is 4. The molecule has 0 saturated carbocycles. The molecule has 1 fully saturated rings. The van der Waals surface area contributed by atoms with E-state index in [9.17, 15) is 4.79 Å². The molecule has 172 valence electrons. The third kappa shape index (κ3) is 5.08. The molecule has 0 bridgehead atoms. The summed E-state index contributed by atoms with van der Waals surface area (Å²) in [4.78, 5) is 25.9. The second-order valence-electron chi connectivity index (χ2n) is 8.26. The van der Waals surface area contributed by atoms with Crippen molar-refractivity contribution in [2.45, 2.75) is 26.9 Å². The van der Waals surface area contributed by atoms with Crippen LogP contribution >= 0.6 is 0 Å². The maximum Gasteiger partial charge on any atom is 0.263 e. The Labute approximate surface area is 195 Å². The molecule has 0 radical (unpaired) electrons. The van der Waals surface area contributed by atoms with Crippen LogP contribution in [0.2, 0.25) is 0 Å². The van der Waals surface area contributed by atoms with Crippen LogP contribution in [0, 0.1) is 13.8 Å². The minimum Gasteiger partial charge on any atom is -0.497 e. The van der Waals surface area contributed by atoms with E-state index < -0.39 is 6.10 Å². The minimum atomic E-state index is -0.530. The number of methoxy groups -OCH3 is 1. The number of ether oxygens (including phenoxy) is 2. The molecule has 1 unspecified atom stereocenters. The van der Waals surface area contributed by atoms with Crippen molar-refractivity contribution < 1.29 is 14.3 Å². The zero-order valence-electron chi connectivity index (χ0n) is 19.6. The standard InChI is InChI=1S/C26H30N4O3/c1-18-6-5-7-24(19(18)2)33-20(3)26(31)30-14-12-29(13-15-30)25-16-23(27-17-28-25)21-8-10-22(32-4)11-9-21/h5-11,16-17,20H,12-15H2,1-4H3. The van der Waals surface area contributed by atoms with Gasteiger partial charge in [-0.05, 0) is 62.2 Å². The Morgan fingerprint density at radius 2 is 1.73 bits per heavy atom. The summed E-state index contributed by atoms with van der Waals surface area (Å²) < 4.78 is 11.2. The Kier molecular flexibility index (Phi) is 6.77. The molecular weight excluding hydrogens is 416 g/mol. The maximum absolute atomic E-state index is 13.0. The van der Waals surface area contributed by atoms with Crippen LogP contribution in [0.4, 0.5) is 5.82 Å². The first kappa shape index (κ1) is 22.6. The molecule has 3 aromatic rings. The van der Waals surface area contributed by atoms with Gasteiger partial charge in [0.15, 0.2) is 6.10 Å². The van der Waals surface area contributed by atoms with Crippen LogP contribution in [0.25, 0.3) is 11.3 Å². The first-order valence-corrected chi connectivity index (χ1v) is 11.2. The number of hydrogen-bond acceptors (Lipinski definition) is 6. The topological polar surface area (TPSA) is 67.8 Å². The first-order chi connectivity index (χ1) is 16.0. The summed E-state index contributed by atoms with van der Waals surface area (Å²) in [5, 5.41) is 0. The summed E-state index contributed by atoms with van der Waals surface area (Å²) in [6.07, 6.45) is 1.06. The van der Waals surface area contributed by atoms with Crippen molar-refractivity contribution in [1.29, 1.82) is 0 Å². The predicted molar refractivity (Wildman–Crippen MR) is 129 cm³/mol. The smallest absolute Gasteiger partial charge is 0.263 e. The molecule has 7 heteroatoms. The number of anilines is 1. The molecule has 1 aliphatic rings. The summed E-state index contributed by atoms with van der Waals surface area (Å²) >= 11 is 0. The minimum absolute atomic E-state index is 0.0113. The fourth-order valence-corrected chi connectivity index (χ4v) is 3.95. The molecule has 4 rings (SSSR count). The van der Waals surface area contributed by atoms with E-state index >= 15 is 0 Å². The van der Waals surface area contributed by atoms with Gasteiger partial charge in [-0.15, -0.1) is 0 Å². The summed E-state index contributed by atoms with van der Waals surface area (Å²) in [5.41, 5.74) is 4.08. The van der Waals surface area contributed by atoms with E-state index in [0.29, 0.717) is 26.2 Å². The van der Waals surface area contributed by atoms with E-state index in [1.807, 2.05) is 74.2 Å². The SMILES string of the molecule is COc1ccc(-c2cc(N3CCN(C(=O)C(C)Oc4cccc(C)c4C)CC3)ncn2)cc1. The van der Waals surface area contributed by atoms with E-state index in [2.05, 4.69) is 14.9 Å². The van der Waals surface area contributed by atoms with E-state index in [0.717, 1.165) is 39.7 Å². The maximum atomic E-state index is 13.0. The van der Waals surface area contributed by atoms with Gasteiger partial charge >= 0.3 is 0 Å². The molecule has 2 heterocycles. The lowest BCUT2D eigenvalue weighted by atomic mass is 10.1. The van der Waals surface area contributed by atoms with Crippen LogP contribution in [0.15, 0.2) is 54.9 Å². The molecule has 1 aliphatic heterocycles. The van der Waals surface area contributed by atoms with Crippen molar-refractivity contribution in [1.82, 2.24) is 14.9 Å². The third-order valence-corrected chi connectivity index (χ3v) is 6.16. The zero-order chi connectivity index (χ0) is 23.4. The molecule has 0 N–H and O–H groups in total. The van der Waals surface area contributed by atoms with E-state index in [4.69, 9.17) is 9.47 Å². The fourth-order valence-electron chi connectivity index (χ4n) is 3.95. The van der Waals surface area contributed by atoms with Crippen molar-refractivity contribution in [2.75, 3.05) is 38.2 Å². The largest absolute Gasteiger partial charge is 0.497 e. The van der Waals surface area contributed by atoms with Gasteiger partial charge in [0.2, 0.25) is 0 Å². The molecule has 0 aliphatic carbocycles. The van der Waals surface area contributed by atoms with Gasteiger partial charge in [0.05, 0.1) is 12.8 Å². The van der Waals surface area contributed by atoms with Crippen LogP contribution in [-0.2, 0) is 4.79 Å². The van der Waals surface area contributed by atoms with Crippen molar-refractivity contribution in [2.24, 2.45) is 0 Å². The quantitative estimate of drug-likeness (QED) is 0.572. The van der Waals surface area contributed by atoms with Crippen molar-refractivity contribution >= 4 is 11.7 Å². The van der Waals surface area contributed by atoms with Gasteiger partial charge in [-0.1, -0.05) is 12.1 Å². The number of rotatable bonds is 6. The Morgan fingerprint density at radius 3 is 2.42 bits per heavy atom. The zero-order valence-corrected chi connectivity index (χ0v) is 19.6. The molecule has 33 heavy (non-hydrogen) atoms. The number of carbonyl (C=O) groups is 1. The summed E-state index contributed by atoms with van der Waals surface area (Å²) in [6.45, 7) is 8.55. The number of carbonyl (C=O) groups excluding carboxylic acids is 1. The molecule has 1 saturated heterocycles. The van der Waals surface area contributed by atoms with Crippen LogP contribution in [0.1, 0.15) is 18.1 Å². The Balaban J connectivity index is 1.37. The highest BCUT2D eigenvalue weighted by atomic mass is 16.5. The number of aromatic nitrogens is 2. The summed E-state index contributed by atoms with van der Waals surface area (Å²) in [7, 11) is 1.65. The molecular formula is C26H30N4O3. The van der Waals surface area contributed by atoms with Crippen LogP contribution in [0.3, 0.4) is 0 Å².